The Morgan fingerprint density at radius 1 is 1.40 bits per heavy atom. The Balaban J connectivity index is 2.20. The molecule has 0 N–H and O–H groups in total. The van der Waals surface area contributed by atoms with Crippen molar-refractivity contribution in [1.29, 1.82) is 0 Å². The number of nitrogens with zero attached hydrogens (tertiary/aromatic N) is 1. The Morgan fingerprint density at radius 2 is 2.16 bits per heavy atom. The smallest absolute Gasteiger partial charge is 0.266 e. The Bertz CT molecular complexity index is 717. The normalized spacial score (nSPS) is 15.8. The minimum Gasteiger partial charge on any atom is -0.550 e. The lowest BCUT2D eigenvalue weighted by molar-refractivity contribution is -0.305. The fourth-order valence-electron chi connectivity index (χ4n) is 2.16. The van der Waals surface area contributed by atoms with E-state index in [2.05, 4.69) is 0 Å². The van der Waals surface area contributed by atoms with Crippen molar-refractivity contribution in [1.82, 2.24) is 4.90 Å². The van der Waals surface area contributed by atoms with Crippen molar-refractivity contribution in [2.24, 2.45) is 0 Å². The largest absolute Gasteiger partial charge is 0.550 e. The van der Waals surface area contributed by atoms with Gasteiger partial charge in [0.25, 0.3) is 5.91 Å². The molecule has 0 aliphatic carbocycles. The Morgan fingerprint density at radius 3 is 2.80 bits per heavy atom. The maximum absolute atomic E-state index is 12.4. The number of thioether (sulfide) groups is 1. The molecule has 0 bridgehead atoms. The number of amides is 1. The number of thiocarbonyl (C=S) groups is 1. The number of ether oxygens (including phenoxy) is 2. The molecule has 1 fully saturated rings. The maximum Gasteiger partial charge on any atom is 0.266 e. The van der Waals surface area contributed by atoms with Gasteiger partial charge in [0.2, 0.25) is 0 Å². The highest BCUT2D eigenvalue weighted by atomic mass is 32.2. The predicted octanol–water partition coefficient (Wildman–Crippen LogP) is 1.83. The first-order valence-corrected chi connectivity index (χ1v) is 8.94. The zero-order chi connectivity index (χ0) is 18.4. The lowest BCUT2D eigenvalue weighted by Gasteiger charge is -2.14. The molecule has 0 atom stereocenters. The molecule has 1 aliphatic rings. The molecule has 1 heterocycles. The van der Waals surface area contributed by atoms with Crippen LogP contribution in [0.25, 0.3) is 6.08 Å². The van der Waals surface area contributed by atoms with Crippen LogP contribution >= 0.6 is 24.0 Å². The molecular formula is C17H18NO5S2-. The number of hydrogen-bond acceptors (Lipinski definition) is 7. The molecule has 1 saturated heterocycles. The summed E-state index contributed by atoms with van der Waals surface area (Å²) in [6.07, 6.45) is 2.32. The van der Waals surface area contributed by atoms with Crippen molar-refractivity contribution in [3.8, 4) is 11.5 Å². The molecule has 1 amide bonds. The molecule has 0 radical (unpaired) electrons. The number of hydrogen-bond donors (Lipinski definition) is 0. The average molecular weight is 380 g/mol. The zero-order valence-electron chi connectivity index (χ0n) is 13.9. The number of carbonyl (C=O) groups is 2. The van der Waals surface area contributed by atoms with Crippen LogP contribution in [0.4, 0.5) is 0 Å². The van der Waals surface area contributed by atoms with Crippen LogP contribution in [0.15, 0.2) is 23.1 Å². The highest BCUT2D eigenvalue weighted by Gasteiger charge is 2.31. The van der Waals surface area contributed by atoms with E-state index in [0.29, 0.717) is 27.3 Å². The van der Waals surface area contributed by atoms with E-state index in [-0.39, 0.29) is 18.9 Å². The van der Waals surface area contributed by atoms with Gasteiger partial charge >= 0.3 is 0 Å². The third-order valence-corrected chi connectivity index (χ3v) is 4.74. The van der Waals surface area contributed by atoms with E-state index < -0.39 is 5.97 Å². The average Bonchev–Trinajstić information content (AvgIpc) is 2.84. The first kappa shape index (κ1) is 19.3. The summed E-state index contributed by atoms with van der Waals surface area (Å²) in [5, 5.41) is 10.6. The third kappa shape index (κ3) is 4.96. The highest BCUT2D eigenvalue weighted by molar-refractivity contribution is 8.26. The van der Waals surface area contributed by atoms with Gasteiger partial charge in [0.15, 0.2) is 11.5 Å². The molecule has 0 saturated carbocycles. The summed E-state index contributed by atoms with van der Waals surface area (Å²) in [6, 6.07) is 5.38. The number of rotatable bonds is 8. The molecular weight excluding hydrogens is 362 g/mol. The number of carboxylic acids is 1. The number of methoxy groups -OCH3 is 1. The van der Waals surface area contributed by atoms with E-state index in [1.807, 2.05) is 13.0 Å². The van der Waals surface area contributed by atoms with Gasteiger partial charge in [0, 0.05) is 18.9 Å². The second kappa shape index (κ2) is 8.87. The van der Waals surface area contributed by atoms with Crippen molar-refractivity contribution >= 4 is 46.3 Å². The van der Waals surface area contributed by atoms with Gasteiger partial charge in [-0.3, -0.25) is 9.69 Å². The van der Waals surface area contributed by atoms with Gasteiger partial charge in [0.05, 0.1) is 18.6 Å². The Kier molecular flexibility index (Phi) is 6.83. The zero-order valence-corrected chi connectivity index (χ0v) is 15.6. The van der Waals surface area contributed by atoms with E-state index in [9.17, 15) is 14.7 Å². The second-order valence-electron chi connectivity index (χ2n) is 5.21. The summed E-state index contributed by atoms with van der Waals surface area (Å²) < 4.78 is 11.3. The molecule has 6 nitrogen and oxygen atoms in total. The van der Waals surface area contributed by atoms with Crippen LogP contribution < -0.4 is 14.6 Å². The van der Waals surface area contributed by atoms with Crippen LogP contribution in [-0.4, -0.2) is 41.4 Å². The van der Waals surface area contributed by atoms with Crippen molar-refractivity contribution in [2.75, 3.05) is 20.3 Å². The van der Waals surface area contributed by atoms with Crippen LogP contribution in [-0.2, 0) is 9.59 Å². The molecule has 1 aliphatic heterocycles. The standard InChI is InChI=1S/C17H19NO5S2/c1-3-8-23-13-9-11(4-5-12(13)22-2)10-14-16(21)18(17(24)25-14)7-6-15(19)20/h4-5,9-10H,3,6-8H2,1-2H3,(H,19,20)/p-1/b14-10-. The monoisotopic (exact) mass is 380 g/mol. The lowest BCUT2D eigenvalue weighted by atomic mass is 10.2. The molecule has 25 heavy (non-hydrogen) atoms. The van der Waals surface area contributed by atoms with Crippen LogP contribution in [0.3, 0.4) is 0 Å². The minimum atomic E-state index is -1.22. The Hall–Kier alpha value is -2.06. The molecule has 134 valence electrons. The summed E-state index contributed by atoms with van der Waals surface area (Å²) in [5.74, 6) is -0.299. The van der Waals surface area contributed by atoms with Gasteiger partial charge in [-0.25, -0.2) is 0 Å². The van der Waals surface area contributed by atoms with E-state index in [1.165, 1.54) is 4.90 Å². The quantitative estimate of drug-likeness (QED) is 0.503. The van der Waals surface area contributed by atoms with E-state index in [1.54, 1.807) is 25.3 Å². The molecule has 1 aromatic carbocycles. The molecule has 8 heteroatoms. The fraction of sp³-hybridized carbons (Fsp3) is 0.353. The van der Waals surface area contributed by atoms with E-state index in [4.69, 9.17) is 21.7 Å². The number of aliphatic carboxylic acids is 1. The minimum absolute atomic E-state index is 0.0117. The number of benzene rings is 1. The highest BCUT2D eigenvalue weighted by Crippen LogP contribution is 2.34. The molecule has 0 spiro atoms. The van der Waals surface area contributed by atoms with Crippen molar-refractivity contribution in [3.63, 3.8) is 0 Å². The first-order chi connectivity index (χ1) is 12.0. The molecule has 0 aromatic heterocycles. The van der Waals surface area contributed by atoms with Gasteiger partial charge < -0.3 is 19.4 Å². The summed E-state index contributed by atoms with van der Waals surface area (Å²) in [6.45, 7) is 2.58. The van der Waals surface area contributed by atoms with Crippen LogP contribution in [0.2, 0.25) is 0 Å². The lowest BCUT2D eigenvalue weighted by Crippen LogP contribution is -2.33. The summed E-state index contributed by atoms with van der Waals surface area (Å²) in [4.78, 5) is 24.7. The third-order valence-electron chi connectivity index (χ3n) is 3.36. The Labute approximate surface area is 155 Å². The van der Waals surface area contributed by atoms with Crippen molar-refractivity contribution < 1.29 is 24.2 Å². The van der Waals surface area contributed by atoms with Crippen LogP contribution in [0.5, 0.6) is 11.5 Å². The first-order valence-electron chi connectivity index (χ1n) is 7.72. The van der Waals surface area contributed by atoms with Gasteiger partial charge in [0.1, 0.15) is 4.32 Å². The molecule has 2 rings (SSSR count). The maximum atomic E-state index is 12.4. The van der Waals surface area contributed by atoms with Crippen LogP contribution in [0.1, 0.15) is 25.3 Å². The van der Waals surface area contributed by atoms with Gasteiger partial charge in [-0.1, -0.05) is 37.0 Å². The predicted molar refractivity (Wildman–Crippen MR) is 98.3 cm³/mol. The fourth-order valence-corrected chi connectivity index (χ4v) is 3.46. The topological polar surface area (TPSA) is 78.9 Å². The van der Waals surface area contributed by atoms with Gasteiger partial charge in [-0.2, -0.15) is 0 Å². The molecule has 0 unspecified atom stereocenters. The van der Waals surface area contributed by atoms with Crippen molar-refractivity contribution in [3.05, 3.63) is 28.7 Å². The summed E-state index contributed by atoms with van der Waals surface area (Å²) in [7, 11) is 1.57. The summed E-state index contributed by atoms with van der Waals surface area (Å²) in [5.41, 5.74) is 0.771. The van der Waals surface area contributed by atoms with E-state index >= 15 is 0 Å². The number of carboxylic acid groups (broad SMARTS) is 1. The van der Waals surface area contributed by atoms with Crippen LogP contribution in [0, 0.1) is 0 Å². The van der Waals surface area contributed by atoms with Gasteiger partial charge in [-0.05, 0) is 30.2 Å². The summed E-state index contributed by atoms with van der Waals surface area (Å²) >= 11 is 6.30. The molecule has 1 aromatic rings. The second-order valence-corrected chi connectivity index (χ2v) is 6.89. The van der Waals surface area contributed by atoms with Gasteiger partial charge in [-0.15, -0.1) is 0 Å². The number of carbonyl (C=O) groups excluding carboxylic acids is 2. The van der Waals surface area contributed by atoms with E-state index in [0.717, 1.165) is 23.7 Å². The van der Waals surface area contributed by atoms with Crippen molar-refractivity contribution in [2.45, 2.75) is 19.8 Å². The SMILES string of the molecule is CCCOc1cc(/C=C2\SC(=S)N(CCC(=O)[O-])C2=O)ccc1OC.